The van der Waals surface area contributed by atoms with Crippen LogP contribution in [0.2, 0.25) is 5.02 Å². The second kappa shape index (κ2) is 9.71. The summed E-state index contributed by atoms with van der Waals surface area (Å²) < 4.78 is 32.3. The van der Waals surface area contributed by atoms with Crippen LogP contribution in [0.4, 0.5) is 0 Å². The van der Waals surface area contributed by atoms with Crippen LogP contribution in [0.15, 0.2) is 54.6 Å². The molecule has 152 valence electrons. The number of aliphatic hydroxyl groups is 1. The van der Waals surface area contributed by atoms with Crippen molar-refractivity contribution >= 4 is 21.6 Å². The molecule has 2 aromatic rings. The van der Waals surface area contributed by atoms with Gasteiger partial charge in [0.15, 0.2) is 0 Å². The van der Waals surface area contributed by atoms with Crippen LogP contribution in [-0.4, -0.2) is 68.2 Å². The van der Waals surface area contributed by atoms with Crippen LogP contribution in [0, 0.1) is 0 Å². The molecule has 3 rings (SSSR count). The number of piperazine rings is 1. The number of para-hydroxylation sites is 1. The van der Waals surface area contributed by atoms with Gasteiger partial charge in [0.05, 0.1) is 10.8 Å². The summed E-state index contributed by atoms with van der Waals surface area (Å²) >= 11 is 6.04. The second-order valence-corrected chi connectivity index (χ2v) is 9.21. The Balaban J connectivity index is 1.44. The van der Waals surface area contributed by atoms with Gasteiger partial charge in [-0.1, -0.05) is 54.1 Å². The first-order valence-electron chi connectivity index (χ1n) is 9.23. The van der Waals surface area contributed by atoms with E-state index < -0.39 is 16.1 Å². The van der Waals surface area contributed by atoms with Crippen molar-refractivity contribution in [1.82, 2.24) is 9.21 Å². The first-order valence-corrected chi connectivity index (χ1v) is 11.2. The molecule has 1 aliphatic rings. The number of hydrogen-bond acceptors (Lipinski definition) is 5. The van der Waals surface area contributed by atoms with Gasteiger partial charge in [0.1, 0.15) is 18.5 Å². The Hall–Kier alpha value is -1.64. The smallest absolute Gasteiger partial charge is 0.218 e. The van der Waals surface area contributed by atoms with Crippen molar-refractivity contribution in [2.45, 2.75) is 11.9 Å². The van der Waals surface area contributed by atoms with Crippen molar-refractivity contribution < 1.29 is 18.3 Å². The molecule has 28 heavy (non-hydrogen) atoms. The van der Waals surface area contributed by atoms with Gasteiger partial charge in [-0.25, -0.2) is 8.42 Å². The largest absolute Gasteiger partial charge is 0.489 e. The number of hydrogen-bond donors (Lipinski definition) is 1. The first kappa shape index (κ1) is 21.1. The van der Waals surface area contributed by atoms with Gasteiger partial charge in [0, 0.05) is 32.7 Å². The molecule has 0 saturated carbocycles. The molecule has 0 spiro atoms. The molecule has 1 aliphatic heterocycles. The zero-order chi connectivity index (χ0) is 20.0. The third kappa shape index (κ3) is 5.93. The van der Waals surface area contributed by atoms with Crippen LogP contribution >= 0.6 is 11.6 Å². The highest BCUT2D eigenvalue weighted by Gasteiger charge is 2.27. The van der Waals surface area contributed by atoms with Crippen molar-refractivity contribution in [2.24, 2.45) is 0 Å². The Kier molecular flexibility index (Phi) is 7.31. The lowest BCUT2D eigenvalue weighted by atomic mass is 10.2. The van der Waals surface area contributed by atoms with Gasteiger partial charge < -0.3 is 9.84 Å². The monoisotopic (exact) mass is 424 g/mol. The molecule has 0 bridgehead atoms. The van der Waals surface area contributed by atoms with E-state index in [0.717, 1.165) is 5.56 Å². The zero-order valence-corrected chi connectivity index (χ0v) is 17.1. The molecule has 0 radical (unpaired) electrons. The molecule has 6 nitrogen and oxygen atoms in total. The lowest BCUT2D eigenvalue weighted by molar-refractivity contribution is 0.0569. The van der Waals surface area contributed by atoms with Gasteiger partial charge >= 0.3 is 0 Å². The highest BCUT2D eigenvalue weighted by Crippen LogP contribution is 2.23. The Morgan fingerprint density at radius 2 is 1.64 bits per heavy atom. The first-order chi connectivity index (χ1) is 13.4. The maximum absolute atomic E-state index is 12.6. The molecule has 0 aliphatic carbocycles. The maximum Gasteiger partial charge on any atom is 0.218 e. The minimum Gasteiger partial charge on any atom is -0.489 e. The number of sulfonamides is 1. The molecule has 2 aromatic carbocycles. The molecular weight excluding hydrogens is 400 g/mol. The minimum atomic E-state index is -3.33. The van der Waals surface area contributed by atoms with E-state index in [1.165, 1.54) is 4.31 Å². The van der Waals surface area contributed by atoms with Crippen LogP contribution in [0.5, 0.6) is 5.75 Å². The van der Waals surface area contributed by atoms with Gasteiger partial charge in [0.2, 0.25) is 10.0 Å². The molecule has 0 unspecified atom stereocenters. The summed E-state index contributed by atoms with van der Waals surface area (Å²) in [4.78, 5) is 2.05. The highest BCUT2D eigenvalue weighted by molar-refractivity contribution is 7.88. The van der Waals surface area contributed by atoms with Crippen molar-refractivity contribution in [1.29, 1.82) is 0 Å². The lowest BCUT2D eigenvalue weighted by Crippen LogP contribution is -2.51. The molecule has 0 amide bonds. The van der Waals surface area contributed by atoms with Gasteiger partial charge in [-0.3, -0.25) is 4.90 Å². The molecule has 1 N–H and O–H groups in total. The summed E-state index contributed by atoms with van der Waals surface area (Å²) in [5.41, 5.74) is 0.789. The lowest BCUT2D eigenvalue weighted by Gasteiger charge is -2.34. The molecule has 1 heterocycles. The van der Waals surface area contributed by atoms with Gasteiger partial charge in [-0.2, -0.15) is 4.31 Å². The Morgan fingerprint density at radius 1 is 1.00 bits per heavy atom. The summed E-state index contributed by atoms with van der Waals surface area (Å²) in [6, 6.07) is 16.3. The van der Waals surface area contributed by atoms with Crippen LogP contribution in [0.25, 0.3) is 0 Å². The fraction of sp³-hybridized carbons (Fsp3) is 0.400. The SMILES string of the molecule is O=S(=O)(Cc1ccccc1)N1CCN(C[C@H](O)COc2ccccc2Cl)CC1. The molecule has 0 aromatic heterocycles. The highest BCUT2D eigenvalue weighted by atomic mass is 35.5. The van der Waals surface area contributed by atoms with E-state index in [0.29, 0.717) is 43.5 Å². The average molecular weight is 425 g/mol. The van der Waals surface area contributed by atoms with Gasteiger partial charge in [-0.05, 0) is 17.7 Å². The normalized spacial score (nSPS) is 17.4. The zero-order valence-electron chi connectivity index (χ0n) is 15.6. The third-order valence-corrected chi connectivity index (χ3v) is 6.82. The van der Waals surface area contributed by atoms with Crippen molar-refractivity contribution in [2.75, 3.05) is 39.3 Å². The average Bonchev–Trinajstić information content (AvgIpc) is 2.68. The van der Waals surface area contributed by atoms with E-state index in [1.807, 2.05) is 42.5 Å². The van der Waals surface area contributed by atoms with Crippen molar-refractivity contribution in [3.63, 3.8) is 0 Å². The van der Waals surface area contributed by atoms with Crippen LogP contribution in [-0.2, 0) is 15.8 Å². The summed E-state index contributed by atoms with van der Waals surface area (Å²) in [6.45, 7) is 2.57. The molecular formula is C20H25ClN2O4S. The second-order valence-electron chi connectivity index (χ2n) is 6.84. The minimum absolute atomic E-state index is 0.0160. The van der Waals surface area contributed by atoms with E-state index in [-0.39, 0.29) is 12.4 Å². The van der Waals surface area contributed by atoms with E-state index in [2.05, 4.69) is 4.90 Å². The number of halogens is 1. The number of rotatable bonds is 8. The molecule has 1 saturated heterocycles. The Bertz CT molecular complexity index is 856. The molecule has 1 atom stereocenters. The summed E-state index contributed by atoms with van der Waals surface area (Å²) in [5.74, 6) is 0.558. The van der Waals surface area contributed by atoms with Gasteiger partial charge in [-0.15, -0.1) is 0 Å². The van der Waals surface area contributed by atoms with E-state index in [4.69, 9.17) is 16.3 Å². The number of nitrogens with zero attached hydrogens (tertiary/aromatic N) is 2. The Morgan fingerprint density at radius 3 is 2.32 bits per heavy atom. The third-order valence-electron chi connectivity index (χ3n) is 4.65. The predicted octanol–water partition coefficient (Wildman–Crippen LogP) is 2.23. The van der Waals surface area contributed by atoms with Gasteiger partial charge in [0.25, 0.3) is 0 Å². The molecule has 1 fully saturated rings. The topological polar surface area (TPSA) is 70.1 Å². The summed E-state index contributed by atoms with van der Waals surface area (Å²) in [7, 11) is -3.33. The molecule has 8 heteroatoms. The fourth-order valence-corrected chi connectivity index (χ4v) is 4.87. The van der Waals surface area contributed by atoms with E-state index in [9.17, 15) is 13.5 Å². The number of ether oxygens (including phenoxy) is 1. The van der Waals surface area contributed by atoms with E-state index >= 15 is 0 Å². The number of β-amino-alcohol motifs (C(OH)–C–C–N with tert-alkyl or cyclic N) is 1. The fourth-order valence-electron chi connectivity index (χ4n) is 3.16. The van der Waals surface area contributed by atoms with E-state index in [1.54, 1.807) is 12.1 Å². The quantitative estimate of drug-likeness (QED) is 0.703. The number of benzene rings is 2. The number of aliphatic hydroxyl groups excluding tert-OH is 1. The van der Waals surface area contributed by atoms with Crippen LogP contribution < -0.4 is 4.74 Å². The van der Waals surface area contributed by atoms with Crippen LogP contribution in [0.3, 0.4) is 0 Å². The summed E-state index contributed by atoms with van der Waals surface area (Å²) in [5, 5.41) is 10.7. The Labute approximate surface area is 171 Å². The summed E-state index contributed by atoms with van der Waals surface area (Å²) in [6.07, 6.45) is -0.677. The predicted molar refractivity (Wildman–Crippen MR) is 110 cm³/mol. The van der Waals surface area contributed by atoms with Crippen molar-refractivity contribution in [3.05, 3.63) is 65.2 Å². The standard InChI is InChI=1S/C20H25ClN2O4S/c21-19-8-4-5-9-20(19)27-15-18(24)14-22-10-12-23(13-11-22)28(25,26)16-17-6-2-1-3-7-17/h1-9,18,24H,10-16H2/t18-/m0/s1. The van der Waals surface area contributed by atoms with Crippen LogP contribution in [0.1, 0.15) is 5.56 Å². The van der Waals surface area contributed by atoms with Crippen molar-refractivity contribution in [3.8, 4) is 5.75 Å². The maximum atomic E-state index is 12.6.